The van der Waals surface area contributed by atoms with Crippen LogP contribution in [0.3, 0.4) is 0 Å². The van der Waals surface area contributed by atoms with Gasteiger partial charge in [-0.3, -0.25) is 4.79 Å². The summed E-state index contributed by atoms with van der Waals surface area (Å²) in [5.41, 5.74) is 0. The molecule has 1 N–H and O–H groups in total. The molecule has 0 bridgehead atoms. The van der Waals surface area contributed by atoms with Crippen LogP contribution in [0, 0.1) is 5.92 Å². The van der Waals surface area contributed by atoms with Gasteiger partial charge in [0.15, 0.2) is 5.78 Å². The van der Waals surface area contributed by atoms with Crippen molar-refractivity contribution in [3.8, 4) is 0 Å². The molecule has 0 aliphatic heterocycles. The Labute approximate surface area is 96.8 Å². The van der Waals surface area contributed by atoms with Crippen molar-refractivity contribution in [2.45, 2.75) is 13.3 Å². The summed E-state index contributed by atoms with van der Waals surface area (Å²) in [7, 11) is 1.88. The van der Waals surface area contributed by atoms with Crippen LogP contribution in [0.4, 0.5) is 0 Å². The fraction of sp³-hybridized carbons (Fsp3) is 0.500. The van der Waals surface area contributed by atoms with Gasteiger partial charge in [0.05, 0.1) is 4.88 Å². The fourth-order valence-electron chi connectivity index (χ4n) is 1.31. The summed E-state index contributed by atoms with van der Waals surface area (Å²) in [6.07, 6.45) is 0.884. The molecule has 1 rings (SSSR count). The van der Waals surface area contributed by atoms with Crippen molar-refractivity contribution in [2.75, 3.05) is 13.6 Å². The molecule has 4 heteroatoms. The second-order valence-electron chi connectivity index (χ2n) is 3.16. The van der Waals surface area contributed by atoms with Crippen molar-refractivity contribution >= 4 is 33.0 Å². The van der Waals surface area contributed by atoms with Crippen LogP contribution in [0.2, 0.25) is 0 Å². The number of carbonyl (C=O) groups is 1. The van der Waals surface area contributed by atoms with Crippen molar-refractivity contribution in [3.05, 3.63) is 20.8 Å². The Morgan fingerprint density at radius 1 is 1.71 bits per heavy atom. The molecule has 14 heavy (non-hydrogen) atoms. The van der Waals surface area contributed by atoms with E-state index in [4.69, 9.17) is 0 Å². The Kier molecular flexibility index (Phi) is 4.78. The molecule has 0 amide bonds. The van der Waals surface area contributed by atoms with E-state index in [9.17, 15) is 4.79 Å². The van der Waals surface area contributed by atoms with Crippen LogP contribution in [-0.2, 0) is 0 Å². The van der Waals surface area contributed by atoms with Crippen LogP contribution in [0.1, 0.15) is 23.0 Å². The van der Waals surface area contributed by atoms with Crippen LogP contribution in [-0.4, -0.2) is 19.4 Å². The summed E-state index contributed by atoms with van der Waals surface area (Å²) in [6.45, 7) is 2.80. The number of carbonyl (C=O) groups excluding carboxylic acids is 1. The van der Waals surface area contributed by atoms with Gasteiger partial charge in [0.1, 0.15) is 0 Å². The molecule has 2 nitrogen and oxygen atoms in total. The monoisotopic (exact) mass is 275 g/mol. The van der Waals surface area contributed by atoms with Gasteiger partial charge in [0.2, 0.25) is 0 Å². The predicted molar refractivity (Wildman–Crippen MR) is 64.1 cm³/mol. The van der Waals surface area contributed by atoms with Crippen molar-refractivity contribution in [1.29, 1.82) is 0 Å². The Bertz CT molecular complexity index is 311. The van der Waals surface area contributed by atoms with Gasteiger partial charge in [-0.25, -0.2) is 0 Å². The van der Waals surface area contributed by atoms with E-state index in [-0.39, 0.29) is 11.7 Å². The van der Waals surface area contributed by atoms with E-state index in [1.165, 1.54) is 11.3 Å². The number of nitrogens with one attached hydrogen (secondary N) is 1. The smallest absolute Gasteiger partial charge is 0.177 e. The number of thiophene rings is 1. The Balaban J connectivity index is 2.72. The molecule has 0 saturated carbocycles. The molecular formula is C10H14BrNOS. The molecule has 1 aromatic heterocycles. The van der Waals surface area contributed by atoms with E-state index < -0.39 is 0 Å². The third-order valence-electron chi connectivity index (χ3n) is 2.12. The first-order chi connectivity index (χ1) is 6.69. The summed E-state index contributed by atoms with van der Waals surface area (Å²) in [6, 6.07) is 1.89. The average Bonchev–Trinajstić information content (AvgIpc) is 2.60. The van der Waals surface area contributed by atoms with E-state index in [0.717, 1.165) is 22.3 Å². The maximum absolute atomic E-state index is 11.9. The molecule has 0 aliphatic rings. The lowest BCUT2D eigenvalue weighted by Gasteiger charge is -2.11. The quantitative estimate of drug-likeness (QED) is 0.838. The van der Waals surface area contributed by atoms with Gasteiger partial charge < -0.3 is 5.32 Å². The number of rotatable bonds is 5. The van der Waals surface area contributed by atoms with Gasteiger partial charge in [0, 0.05) is 22.3 Å². The van der Waals surface area contributed by atoms with Crippen molar-refractivity contribution in [3.63, 3.8) is 0 Å². The highest BCUT2D eigenvalue weighted by Gasteiger charge is 2.18. The molecule has 1 unspecified atom stereocenters. The third-order valence-corrected chi connectivity index (χ3v) is 3.83. The first-order valence-corrected chi connectivity index (χ1v) is 6.29. The highest BCUT2D eigenvalue weighted by molar-refractivity contribution is 9.10. The van der Waals surface area contributed by atoms with Gasteiger partial charge in [-0.15, -0.1) is 11.3 Å². The second-order valence-corrected chi connectivity index (χ2v) is 4.98. The van der Waals surface area contributed by atoms with Gasteiger partial charge in [0.25, 0.3) is 0 Å². The topological polar surface area (TPSA) is 29.1 Å². The molecule has 0 aliphatic carbocycles. The molecule has 0 fully saturated rings. The summed E-state index contributed by atoms with van der Waals surface area (Å²) >= 11 is 4.86. The predicted octanol–water partition coefficient (Wildman–Crippen LogP) is 2.94. The van der Waals surface area contributed by atoms with Crippen LogP contribution < -0.4 is 5.32 Å². The largest absolute Gasteiger partial charge is 0.319 e. The van der Waals surface area contributed by atoms with Crippen LogP contribution in [0.15, 0.2) is 15.9 Å². The van der Waals surface area contributed by atoms with E-state index in [0.29, 0.717) is 0 Å². The summed E-state index contributed by atoms with van der Waals surface area (Å²) < 4.78 is 0.991. The maximum Gasteiger partial charge on any atom is 0.177 e. The average molecular weight is 276 g/mol. The molecule has 0 aromatic carbocycles. The Morgan fingerprint density at radius 3 is 2.86 bits per heavy atom. The van der Waals surface area contributed by atoms with Crippen molar-refractivity contribution < 1.29 is 4.79 Å². The molecule has 1 aromatic rings. The zero-order valence-corrected chi connectivity index (χ0v) is 10.7. The zero-order valence-electron chi connectivity index (χ0n) is 8.34. The lowest BCUT2D eigenvalue weighted by Crippen LogP contribution is -2.25. The van der Waals surface area contributed by atoms with Gasteiger partial charge >= 0.3 is 0 Å². The Hall–Kier alpha value is -0.190. The van der Waals surface area contributed by atoms with E-state index in [2.05, 4.69) is 21.2 Å². The number of halogens is 1. The van der Waals surface area contributed by atoms with Crippen LogP contribution >= 0.6 is 27.3 Å². The third kappa shape index (κ3) is 2.90. The van der Waals surface area contributed by atoms with E-state index >= 15 is 0 Å². The maximum atomic E-state index is 11.9. The van der Waals surface area contributed by atoms with E-state index in [1.807, 2.05) is 25.4 Å². The first kappa shape index (κ1) is 11.9. The minimum atomic E-state index is 0.102. The lowest BCUT2D eigenvalue weighted by atomic mass is 10.00. The summed E-state index contributed by atoms with van der Waals surface area (Å²) in [5, 5.41) is 4.99. The summed E-state index contributed by atoms with van der Waals surface area (Å²) in [5.74, 6) is 0.350. The normalized spacial score (nSPS) is 12.8. The van der Waals surface area contributed by atoms with Gasteiger partial charge in [-0.1, -0.05) is 6.92 Å². The van der Waals surface area contributed by atoms with Gasteiger partial charge in [-0.2, -0.15) is 0 Å². The minimum absolute atomic E-state index is 0.102. The van der Waals surface area contributed by atoms with Crippen LogP contribution in [0.5, 0.6) is 0 Å². The molecule has 1 heterocycles. The lowest BCUT2D eigenvalue weighted by molar-refractivity contribution is 0.0921. The molecule has 0 saturated heterocycles. The molecule has 78 valence electrons. The van der Waals surface area contributed by atoms with Crippen molar-refractivity contribution in [1.82, 2.24) is 5.32 Å². The highest BCUT2D eigenvalue weighted by Crippen LogP contribution is 2.23. The minimum Gasteiger partial charge on any atom is -0.319 e. The first-order valence-electron chi connectivity index (χ1n) is 4.61. The van der Waals surface area contributed by atoms with Crippen LogP contribution in [0.25, 0.3) is 0 Å². The molecule has 0 radical (unpaired) electrons. The number of hydrogen-bond donors (Lipinski definition) is 1. The molecular weight excluding hydrogens is 262 g/mol. The zero-order chi connectivity index (χ0) is 10.6. The van der Waals surface area contributed by atoms with Gasteiger partial charge in [-0.05, 0) is 35.5 Å². The number of Topliss-reactive ketones (excluding diaryl/α,β-unsaturated/α-hetero) is 1. The van der Waals surface area contributed by atoms with Crippen molar-refractivity contribution in [2.24, 2.45) is 5.92 Å². The van der Waals surface area contributed by atoms with E-state index in [1.54, 1.807) is 0 Å². The molecule has 0 spiro atoms. The summed E-state index contributed by atoms with van der Waals surface area (Å²) in [4.78, 5) is 12.8. The standard InChI is InChI=1S/C10H14BrNOS/c1-3-7(5-12-2)10(13)9-4-8(11)6-14-9/h4,6-7,12H,3,5H2,1-2H3. The number of ketones is 1. The second kappa shape index (κ2) is 5.63. The fourth-order valence-corrected chi connectivity index (χ4v) is 2.76. The Morgan fingerprint density at radius 2 is 2.43 bits per heavy atom. The number of hydrogen-bond acceptors (Lipinski definition) is 3. The highest BCUT2D eigenvalue weighted by atomic mass is 79.9. The SMILES string of the molecule is CCC(CNC)C(=O)c1cc(Br)cs1. The molecule has 1 atom stereocenters.